The molecule has 0 saturated carbocycles. The van der Waals surface area contributed by atoms with Crippen LogP contribution in [0.5, 0.6) is 0 Å². The molecule has 0 radical (unpaired) electrons. The first-order chi connectivity index (χ1) is 14.0. The largest absolute Gasteiger partial charge is 0.416 e. The molecule has 30 heavy (non-hydrogen) atoms. The van der Waals surface area contributed by atoms with Gasteiger partial charge in [0, 0.05) is 38.1 Å². The van der Waals surface area contributed by atoms with Crippen LogP contribution in [0.25, 0.3) is 0 Å². The van der Waals surface area contributed by atoms with Crippen LogP contribution < -0.4 is 10.6 Å². The summed E-state index contributed by atoms with van der Waals surface area (Å²) in [5.74, 6) is 0.553. The highest BCUT2D eigenvalue weighted by molar-refractivity contribution is 14.0. The first-order valence-electron chi connectivity index (χ1n) is 9.43. The Kier molecular flexibility index (Phi) is 9.85. The van der Waals surface area contributed by atoms with Crippen molar-refractivity contribution in [3.63, 3.8) is 0 Å². The Balaban J connectivity index is 0.00000320. The molecule has 2 aromatic rings. The van der Waals surface area contributed by atoms with Crippen molar-refractivity contribution in [2.45, 2.75) is 18.8 Å². The number of ether oxygens (including phenoxy) is 1. The van der Waals surface area contributed by atoms with E-state index in [1.165, 1.54) is 10.9 Å². The van der Waals surface area contributed by atoms with Gasteiger partial charge in [-0.2, -0.15) is 13.2 Å². The van der Waals surface area contributed by atoms with Crippen LogP contribution in [0.15, 0.2) is 46.8 Å². The topological polar surface area (TPSA) is 48.9 Å². The van der Waals surface area contributed by atoms with Crippen molar-refractivity contribution < 1.29 is 17.9 Å². The summed E-state index contributed by atoms with van der Waals surface area (Å²) < 4.78 is 44.1. The minimum Gasteiger partial charge on any atom is -0.379 e. The number of hydrogen-bond donors (Lipinski definition) is 2. The van der Waals surface area contributed by atoms with Crippen LogP contribution in [0, 0.1) is 0 Å². The van der Waals surface area contributed by atoms with Gasteiger partial charge in [0.2, 0.25) is 0 Å². The van der Waals surface area contributed by atoms with Crippen molar-refractivity contribution in [2.24, 2.45) is 4.99 Å². The highest BCUT2D eigenvalue weighted by Crippen LogP contribution is 2.29. The number of aliphatic imine (C=N–C) groups is 1. The van der Waals surface area contributed by atoms with E-state index in [0.717, 1.165) is 25.2 Å². The number of morpholine rings is 1. The molecule has 2 heterocycles. The van der Waals surface area contributed by atoms with E-state index in [2.05, 4.69) is 32.0 Å². The van der Waals surface area contributed by atoms with Crippen molar-refractivity contribution in [2.75, 3.05) is 39.9 Å². The van der Waals surface area contributed by atoms with Crippen LogP contribution >= 0.6 is 35.3 Å². The van der Waals surface area contributed by atoms with Gasteiger partial charge in [-0.3, -0.25) is 9.89 Å². The molecule has 2 N–H and O–H groups in total. The summed E-state index contributed by atoms with van der Waals surface area (Å²) in [5.41, 5.74) is -0.101. The van der Waals surface area contributed by atoms with Crippen molar-refractivity contribution in [1.29, 1.82) is 0 Å². The second-order valence-corrected chi connectivity index (χ2v) is 7.66. The third kappa shape index (κ3) is 7.10. The van der Waals surface area contributed by atoms with E-state index < -0.39 is 11.7 Å². The summed E-state index contributed by atoms with van der Waals surface area (Å²) in [4.78, 5) is 7.84. The maximum absolute atomic E-state index is 12.9. The monoisotopic (exact) mass is 554 g/mol. The lowest BCUT2D eigenvalue weighted by molar-refractivity contribution is -0.137. The first-order valence-corrected chi connectivity index (χ1v) is 10.3. The van der Waals surface area contributed by atoms with E-state index >= 15 is 0 Å². The second kappa shape index (κ2) is 11.9. The number of halogens is 4. The van der Waals surface area contributed by atoms with E-state index in [0.29, 0.717) is 31.3 Å². The van der Waals surface area contributed by atoms with Crippen molar-refractivity contribution in [1.82, 2.24) is 15.5 Å². The van der Waals surface area contributed by atoms with Gasteiger partial charge in [0.05, 0.1) is 24.8 Å². The first kappa shape index (κ1) is 24.9. The Labute approximate surface area is 195 Å². The molecule has 5 nitrogen and oxygen atoms in total. The normalized spacial score (nSPS) is 16.6. The fourth-order valence-electron chi connectivity index (χ4n) is 3.24. The quantitative estimate of drug-likeness (QED) is 0.321. The van der Waals surface area contributed by atoms with E-state index in [-0.39, 0.29) is 36.6 Å². The Bertz CT molecular complexity index is 796. The molecule has 0 spiro atoms. The molecular weight excluding hydrogens is 528 g/mol. The average Bonchev–Trinajstić information content (AvgIpc) is 3.25. The predicted octanol–water partition coefficient (Wildman–Crippen LogP) is 4.12. The van der Waals surface area contributed by atoms with Gasteiger partial charge in [0.15, 0.2) is 5.96 Å². The summed E-state index contributed by atoms with van der Waals surface area (Å²) in [6.45, 7) is 4.05. The fraction of sp³-hybridized carbons (Fsp3) is 0.450. The molecule has 1 aliphatic heterocycles. The second-order valence-electron chi connectivity index (χ2n) is 6.68. The summed E-state index contributed by atoms with van der Waals surface area (Å²) in [6, 6.07) is 9.65. The standard InChI is InChI=1S/C20H25F3N4OS.HI/c1-24-19(25-13-15-4-2-5-16(12-15)20(21,22)23)26-14-17(18-6-3-11-29-18)27-7-9-28-10-8-27;/h2-6,11-12,17H,7-10,13-14H2,1H3,(H2,24,25,26);1H. The van der Waals surface area contributed by atoms with Gasteiger partial charge in [0.1, 0.15) is 0 Å². The van der Waals surface area contributed by atoms with Gasteiger partial charge >= 0.3 is 6.18 Å². The summed E-state index contributed by atoms with van der Waals surface area (Å²) in [5, 5.41) is 8.47. The predicted molar refractivity (Wildman–Crippen MR) is 125 cm³/mol. The van der Waals surface area contributed by atoms with Gasteiger partial charge in [-0.05, 0) is 29.1 Å². The summed E-state index contributed by atoms with van der Waals surface area (Å²) >= 11 is 1.71. The van der Waals surface area contributed by atoms with Crippen LogP contribution in [-0.2, 0) is 17.5 Å². The van der Waals surface area contributed by atoms with Crippen molar-refractivity contribution in [3.8, 4) is 0 Å². The van der Waals surface area contributed by atoms with Crippen LogP contribution in [0.3, 0.4) is 0 Å². The third-order valence-electron chi connectivity index (χ3n) is 4.76. The van der Waals surface area contributed by atoms with Gasteiger partial charge in [0.25, 0.3) is 0 Å². The number of benzene rings is 1. The summed E-state index contributed by atoms with van der Waals surface area (Å²) in [7, 11) is 1.65. The Hall–Kier alpha value is -1.37. The van der Waals surface area contributed by atoms with Gasteiger partial charge in [-0.15, -0.1) is 35.3 Å². The molecular formula is C20H26F3IN4OS. The molecule has 10 heteroatoms. The van der Waals surface area contributed by atoms with Gasteiger partial charge in [-0.25, -0.2) is 0 Å². The number of hydrogen-bond acceptors (Lipinski definition) is 4. The molecule has 0 amide bonds. The number of nitrogens with one attached hydrogen (secondary N) is 2. The minimum atomic E-state index is -4.35. The molecule has 1 aromatic carbocycles. The van der Waals surface area contributed by atoms with Crippen LogP contribution in [0.2, 0.25) is 0 Å². The van der Waals surface area contributed by atoms with E-state index in [1.54, 1.807) is 24.5 Å². The highest BCUT2D eigenvalue weighted by atomic mass is 127. The van der Waals surface area contributed by atoms with Crippen molar-refractivity contribution in [3.05, 3.63) is 57.8 Å². The smallest absolute Gasteiger partial charge is 0.379 e. The number of thiophene rings is 1. The maximum Gasteiger partial charge on any atom is 0.416 e. The zero-order chi connectivity index (χ0) is 20.7. The molecule has 0 bridgehead atoms. The SMILES string of the molecule is CN=C(NCc1cccc(C(F)(F)F)c1)NCC(c1cccs1)N1CCOCC1.I. The van der Waals surface area contributed by atoms with E-state index in [4.69, 9.17) is 4.74 Å². The lowest BCUT2D eigenvalue weighted by Crippen LogP contribution is -2.46. The third-order valence-corrected chi connectivity index (χ3v) is 5.73. The van der Waals surface area contributed by atoms with Gasteiger partial charge in [-0.1, -0.05) is 18.2 Å². The molecule has 3 rings (SSSR count). The van der Waals surface area contributed by atoms with E-state index in [9.17, 15) is 13.2 Å². The molecule has 1 fully saturated rings. The van der Waals surface area contributed by atoms with Gasteiger partial charge < -0.3 is 15.4 Å². The summed E-state index contributed by atoms with van der Waals surface area (Å²) in [6.07, 6.45) is -4.35. The van der Waals surface area contributed by atoms with Crippen molar-refractivity contribution >= 4 is 41.3 Å². The zero-order valence-electron chi connectivity index (χ0n) is 16.6. The van der Waals surface area contributed by atoms with Crippen LogP contribution in [0.1, 0.15) is 22.0 Å². The fourth-order valence-corrected chi connectivity index (χ4v) is 4.10. The Morgan fingerprint density at radius 1 is 1.20 bits per heavy atom. The molecule has 1 unspecified atom stereocenters. The molecule has 1 saturated heterocycles. The highest BCUT2D eigenvalue weighted by Gasteiger charge is 2.30. The lowest BCUT2D eigenvalue weighted by atomic mass is 10.1. The maximum atomic E-state index is 12.9. The number of rotatable bonds is 6. The van der Waals surface area contributed by atoms with Crippen LogP contribution in [-0.4, -0.2) is 50.8 Å². The molecule has 1 atom stereocenters. The minimum absolute atomic E-state index is 0. The molecule has 166 valence electrons. The molecule has 0 aliphatic carbocycles. The number of guanidine groups is 1. The van der Waals surface area contributed by atoms with Crippen LogP contribution in [0.4, 0.5) is 13.2 Å². The Morgan fingerprint density at radius 2 is 1.97 bits per heavy atom. The molecule has 1 aliphatic rings. The van der Waals surface area contributed by atoms with E-state index in [1.807, 2.05) is 6.07 Å². The number of alkyl halides is 3. The Morgan fingerprint density at radius 3 is 2.60 bits per heavy atom. The molecule has 1 aromatic heterocycles. The zero-order valence-corrected chi connectivity index (χ0v) is 19.8. The lowest BCUT2D eigenvalue weighted by Gasteiger charge is -2.34. The average molecular weight is 554 g/mol. The number of nitrogens with zero attached hydrogens (tertiary/aromatic N) is 2.